The molecule has 0 saturated heterocycles. The maximum atomic E-state index is 5.47. The highest BCUT2D eigenvalue weighted by molar-refractivity contribution is 4.47. The monoisotopic (exact) mass is 203 g/mol. The molecular formula is C11H25NO2. The van der Waals surface area contributed by atoms with E-state index in [2.05, 4.69) is 19.2 Å². The van der Waals surface area contributed by atoms with Gasteiger partial charge in [0.25, 0.3) is 0 Å². The first-order chi connectivity index (χ1) is 6.77. The molecule has 0 aliphatic rings. The molecule has 0 aromatic carbocycles. The first-order valence-electron chi connectivity index (χ1n) is 5.54. The van der Waals surface area contributed by atoms with Crippen molar-refractivity contribution in [2.24, 2.45) is 5.92 Å². The fourth-order valence-electron chi connectivity index (χ4n) is 1.07. The number of hydrogen-bond acceptors (Lipinski definition) is 3. The second-order valence-electron chi connectivity index (χ2n) is 3.92. The zero-order valence-electron chi connectivity index (χ0n) is 9.84. The molecule has 86 valence electrons. The van der Waals surface area contributed by atoms with Crippen LogP contribution >= 0.6 is 0 Å². The van der Waals surface area contributed by atoms with Gasteiger partial charge < -0.3 is 14.8 Å². The lowest BCUT2D eigenvalue weighted by atomic mass is 10.2. The Kier molecular flexibility index (Phi) is 10.9. The van der Waals surface area contributed by atoms with E-state index in [9.17, 15) is 0 Å². The van der Waals surface area contributed by atoms with Crippen LogP contribution in [0.3, 0.4) is 0 Å². The largest absolute Gasteiger partial charge is 0.383 e. The average molecular weight is 203 g/mol. The van der Waals surface area contributed by atoms with E-state index in [-0.39, 0.29) is 0 Å². The fraction of sp³-hybridized carbons (Fsp3) is 1.00. The van der Waals surface area contributed by atoms with Crippen LogP contribution in [0.5, 0.6) is 0 Å². The lowest BCUT2D eigenvalue weighted by molar-refractivity contribution is 0.106. The van der Waals surface area contributed by atoms with Gasteiger partial charge in [-0.2, -0.15) is 0 Å². The first kappa shape index (κ1) is 13.9. The van der Waals surface area contributed by atoms with Gasteiger partial charge in [0.2, 0.25) is 0 Å². The van der Waals surface area contributed by atoms with Crippen LogP contribution in [0.1, 0.15) is 26.7 Å². The van der Waals surface area contributed by atoms with E-state index in [4.69, 9.17) is 9.47 Å². The van der Waals surface area contributed by atoms with Gasteiger partial charge in [0, 0.05) is 26.9 Å². The highest BCUT2D eigenvalue weighted by Crippen LogP contribution is 1.94. The van der Waals surface area contributed by atoms with Gasteiger partial charge in [-0.1, -0.05) is 13.8 Å². The number of unbranched alkanes of at least 4 members (excludes halogenated alkanes) is 1. The quantitative estimate of drug-likeness (QED) is 0.548. The van der Waals surface area contributed by atoms with Crippen LogP contribution in [0.4, 0.5) is 0 Å². The SMILES string of the molecule is COCCNCCCCOCC(C)C. The summed E-state index contributed by atoms with van der Waals surface area (Å²) in [4.78, 5) is 0. The van der Waals surface area contributed by atoms with Gasteiger partial charge in [0.05, 0.1) is 6.61 Å². The van der Waals surface area contributed by atoms with Crippen LogP contribution in [0.2, 0.25) is 0 Å². The van der Waals surface area contributed by atoms with Crippen molar-refractivity contribution in [3.63, 3.8) is 0 Å². The zero-order valence-corrected chi connectivity index (χ0v) is 9.84. The standard InChI is InChI=1S/C11H25NO2/c1-11(2)10-14-8-5-4-6-12-7-9-13-3/h11-12H,4-10H2,1-3H3. The highest BCUT2D eigenvalue weighted by atomic mass is 16.5. The Morgan fingerprint density at radius 1 is 1.07 bits per heavy atom. The van der Waals surface area contributed by atoms with E-state index in [1.807, 2.05) is 0 Å². The molecule has 0 atom stereocenters. The summed E-state index contributed by atoms with van der Waals surface area (Å²) in [5.74, 6) is 0.648. The second kappa shape index (κ2) is 11.0. The third-order valence-corrected chi connectivity index (χ3v) is 1.83. The predicted molar refractivity (Wildman–Crippen MR) is 59.6 cm³/mol. The van der Waals surface area contributed by atoms with Crippen LogP contribution in [-0.2, 0) is 9.47 Å². The summed E-state index contributed by atoms with van der Waals surface area (Å²) < 4.78 is 10.4. The van der Waals surface area contributed by atoms with Crippen molar-refractivity contribution >= 4 is 0 Å². The van der Waals surface area contributed by atoms with Crippen LogP contribution in [0.25, 0.3) is 0 Å². The van der Waals surface area contributed by atoms with Gasteiger partial charge in [-0.25, -0.2) is 0 Å². The molecule has 1 N–H and O–H groups in total. The molecule has 0 saturated carbocycles. The van der Waals surface area contributed by atoms with Crippen molar-refractivity contribution in [1.29, 1.82) is 0 Å². The van der Waals surface area contributed by atoms with E-state index >= 15 is 0 Å². The van der Waals surface area contributed by atoms with Crippen LogP contribution in [-0.4, -0.2) is 40.0 Å². The van der Waals surface area contributed by atoms with Gasteiger partial charge in [-0.3, -0.25) is 0 Å². The maximum absolute atomic E-state index is 5.47. The van der Waals surface area contributed by atoms with Gasteiger partial charge in [-0.15, -0.1) is 0 Å². The van der Waals surface area contributed by atoms with Crippen molar-refractivity contribution in [3.05, 3.63) is 0 Å². The Bertz CT molecular complexity index is 107. The van der Waals surface area contributed by atoms with Crippen LogP contribution < -0.4 is 5.32 Å². The molecule has 0 spiro atoms. The minimum absolute atomic E-state index is 0.648. The van der Waals surface area contributed by atoms with E-state index in [1.165, 1.54) is 6.42 Å². The minimum atomic E-state index is 0.648. The topological polar surface area (TPSA) is 30.5 Å². The summed E-state index contributed by atoms with van der Waals surface area (Å²) in [7, 11) is 1.72. The van der Waals surface area contributed by atoms with Gasteiger partial charge >= 0.3 is 0 Å². The zero-order chi connectivity index (χ0) is 10.6. The molecule has 0 bridgehead atoms. The lowest BCUT2D eigenvalue weighted by Gasteiger charge is -2.07. The second-order valence-corrected chi connectivity index (χ2v) is 3.92. The van der Waals surface area contributed by atoms with Gasteiger partial charge in [-0.05, 0) is 25.3 Å². The Balaban J connectivity index is 2.85. The molecule has 0 unspecified atom stereocenters. The number of ether oxygens (including phenoxy) is 2. The summed E-state index contributed by atoms with van der Waals surface area (Å²) in [6.45, 7) is 8.93. The molecule has 0 heterocycles. The third kappa shape index (κ3) is 11.9. The van der Waals surface area contributed by atoms with E-state index in [1.54, 1.807) is 7.11 Å². The van der Waals surface area contributed by atoms with E-state index in [0.717, 1.165) is 39.3 Å². The van der Waals surface area contributed by atoms with E-state index < -0.39 is 0 Å². The fourth-order valence-corrected chi connectivity index (χ4v) is 1.07. The molecule has 0 fully saturated rings. The molecule has 0 radical (unpaired) electrons. The summed E-state index contributed by atoms with van der Waals surface area (Å²) in [5.41, 5.74) is 0. The smallest absolute Gasteiger partial charge is 0.0587 e. The molecule has 0 rings (SSSR count). The van der Waals surface area contributed by atoms with Crippen molar-refractivity contribution in [2.75, 3.05) is 40.0 Å². The van der Waals surface area contributed by atoms with Crippen LogP contribution in [0.15, 0.2) is 0 Å². The summed E-state index contributed by atoms with van der Waals surface area (Å²) in [6, 6.07) is 0. The Labute approximate surface area is 88.2 Å². The highest BCUT2D eigenvalue weighted by Gasteiger charge is 1.93. The molecule has 0 aromatic heterocycles. The van der Waals surface area contributed by atoms with E-state index in [0.29, 0.717) is 5.92 Å². The Hall–Kier alpha value is -0.120. The molecular weight excluding hydrogens is 178 g/mol. The van der Waals surface area contributed by atoms with Crippen molar-refractivity contribution in [3.8, 4) is 0 Å². The molecule has 0 aliphatic heterocycles. The Morgan fingerprint density at radius 3 is 2.50 bits per heavy atom. The summed E-state index contributed by atoms with van der Waals surface area (Å²) in [6.07, 6.45) is 2.33. The summed E-state index contributed by atoms with van der Waals surface area (Å²) >= 11 is 0. The van der Waals surface area contributed by atoms with Crippen molar-refractivity contribution in [1.82, 2.24) is 5.32 Å². The predicted octanol–water partition coefficient (Wildman–Crippen LogP) is 1.68. The van der Waals surface area contributed by atoms with Crippen molar-refractivity contribution < 1.29 is 9.47 Å². The number of nitrogens with one attached hydrogen (secondary N) is 1. The summed E-state index contributed by atoms with van der Waals surface area (Å²) in [5, 5.41) is 3.31. The third-order valence-electron chi connectivity index (χ3n) is 1.83. The van der Waals surface area contributed by atoms with Crippen molar-refractivity contribution in [2.45, 2.75) is 26.7 Å². The molecule has 3 heteroatoms. The average Bonchev–Trinajstić information content (AvgIpc) is 2.15. The molecule has 0 aliphatic carbocycles. The normalized spacial score (nSPS) is 11.1. The lowest BCUT2D eigenvalue weighted by Crippen LogP contribution is -2.20. The number of hydrogen-bond donors (Lipinski definition) is 1. The number of methoxy groups -OCH3 is 1. The molecule has 0 amide bonds. The first-order valence-corrected chi connectivity index (χ1v) is 5.54. The minimum Gasteiger partial charge on any atom is -0.383 e. The number of rotatable bonds is 10. The van der Waals surface area contributed by atoms with Gasteiger partial charge in [0.15, 0.2) is 0 Å². The molecule has 0 aromatic rings. The molecule has 14 heavy (non-hydrogen) atoms. The molecule has 3 nitrogen and oxygen atoms in total. The van der Waals surface area contributed by atoms with Crippen LogP contribution in [0, 0.1) is 5.92 Å². The maximum Gasteiger partial charge on any atom is 0.0587 e. The van der Waals surface area contributed by atoms with Gasteiger partial charge in [0.1, 0.15) is 0 Å². The Morgan fingerprint density at radius 2 is 1.86 bits per heavy atom.